The largest absolute Gasteiger partial charge is 0.306 e. The van der Waals surface area contributed by atoms with Crippen molar-refractivity contribution in [1.29, 1.82) is 0 Å². The van der Waals surface area contributed by atoms with E-state index in [0.29, 0.717) is 17.1 Å². The highest BCUT2D eigenvalue weighted by molar-refractivity contribution is 9.10. The lowest BCUT2D eigenvalue weighted by Crippen LogP contribution is -2.15. The number of amides is 1. The Morgan fingerprint density at radius 3 is 2.52 bits per heavy atom. The van der Waals surface area contributed by atoms with E-state index in [2.05, 4.69) is 31.3 Å². The molecule has 0 aliphatic rings. The Hall–Kier alpha value is -2.47. The summed E-state index contributed by atoms with van der Waals surface area (Å²) in [5.41, 5.74) is 2.97. The van der Waals surface area contributed by atoms with E-state index in [1.54, 1.807) is 16.9 Å². The molecular weight excluding hydrogens is 356 g/mol. The van der Waals surface area contributed by atoms with E-state index in [-0.39, 0.29) is 5.91 Å². The lowest BCUT2D eigenvalue weighted by molar-refractivity contribution is 0.102. The number of nitrogens with zero attached hydrogens (tertiary/aromatic N) is 3. The summed E-state index contributed by atoms with van der Waals surface area (Å²) in [6, 6.07) is 13.3. The highest BCUT2D eigenvalue weighted by atomic mass is 79.9. The average molecular weight is 371 g/mol. The first-order chi connectivity index (χ1) is 11.1. The van der Waals surface area contributed by atoms with Crippen molar-refractivity contribution in [2.45, 2.75) is 13.8 Å². The van der Waals surface area contributed by atoms with Gasteiger partial charge in [-0.15, -0.1) is 0 Å². The Bertz CT molecular complexity index is 841. The highest BCUT2D eigenvalue weighted by Gasteiger charge is 2.19. The minimum absolute atomic E-state index is 0.211. The molecule has 3 aromatic rings. The second-order valence-electron chi connectivity index (χ2n) is 5.11. The quantitative estimate of drug-likeness (QED) is 0.760. The fourth-order valence-corrected chi connectivity index (χ4v) is 2.66. The first-order valence-electron chi connectivity index (χ1n) is 7.11. The number of hydrogen-bond donors (Lipinski definition) is 1. The number of hydrogen-bond acceptors (Lipinski definition) is 3. The molecule has 1 amide bonds. The molecule has 0 fully saturated rings. The number of carbonyl (C=O) groups is 1. The first-order valence-corrected chi connectivity index (χ1v) is 7.90. The number of anilines is 1. The number of aromatic nitrogens is 3. The van der Waals surface area contributed by atoms with Crippen molar-refractivity contribution < 1.29 is 4.79 Å². The van der Waals surface area contributed by atoms with Crippen LogP contribution in [0.25, 0.3) is 5.69 Å². The van der Waals surface area contributed by atoms with E-state index in [1.807, 2.05) is 50.2 Å². The molecule has 1 N–H and O–H groups in total. The molecule has 23 heavy (non-hydrogen) atoms. The van der Waals surface area contributed by atoms with Gasteiger partial charge in [0.15, 0.2) is 0 Å². The second kappa shape index (κ2) is 6.34. The summed E-state index contributed by atoms with van der Waals surface area (Å²) in [5.74, 6) is 0.293. The van der Waals surface area contributed by atoms with Gasteiger partial charge in [0, 0.05) is 10.7 Å². The van der Waals surface area contributed by atoms with Crippen LogP contribution < -0.4 is 5.32 Å². The van der Waals surface area contributed by atoms with Crippen LogP contribution in [0.15, 0.2) is 53.1 Å². The van der Waals surface area contributed by atoms with Crippen molar-refractivity contribution in [3.63, 3.8) is 0 Å². The van der Waals surface area contributed by atoms with Gasteiger partial charge in [-0.3, -0.25) is 4.79 Å². The van der Waals surface area contributed by atoms with Crippen LogP contribution in [0.2, 0.25) is 0 Å². The van der Waals surface area contributed by atoms with Crippen LogP contribution in [0.5, 0.6) is 0 Å². The molecule has 0 saturated heterocycles. The molecule has 3 rings (SSSR count). The van der Waals surface area contributed by atoms with Crippen LogP contribution in [0.3, 0.4) is 0 Å². The molecule has 6 heteroatoms. The monoisotopic (exact) mass is 370 g/mol. The Labute approximate surface area is 142 Å². The van der Waals surface area contributed by atoms with E-state index < -0.39 is 0 Å². The Balaban J connectivity index is 1.92. The SMILES string of the molecule is Cc1nn(-c2ccccc2)c(C)c1C(=O)Nc1ccc(Br)cn1. The van der Waals surface area contributed by atoms with Crippen molar-refractivity contribution >= 4 is 27.7 Å². The summed E-state index contributed by atoms with van der Waals surface area (Å²) in [6.07, 6.45) is 1.64. The molecular formula is C17H15BrN4O. The van der Waals surface area contributed by atoms with Crippen LogP contribution in [-0.4, -0.2) is 20.7 Å². The number of pyridine rings is 1. The highest BCUT2D eigenvalue weighted by Crippen LogP contribution is 2.19. The van der Waals surface area contributed by atoms with Gasteiger partial charge in [-0.05, 0) is 54.0 Å². The normalized spacial score (nSPS) is 10.6. The second-order valence-corrected chi connectivity index (χ2v) is 6.02. The van der Waals surface area contributed by atoms with Gasteiger partial charge in [0.2, 0.25) is 0 Å². The zero-order valence-electron chi connectivity index (χ0n) is 12.7. The summed E-state index contributed by atoms with van der Waals surface area (Å²) >= 11 is 3.32. The first kappa shape index (κ1) is 15.4. The standard InChI is InChI=1S/C17H15BrN4O/c1-11-16(17(23)20-15-9-8-13(18)10-19-15)12(2)22(21-11)14-6-4-3-5-7-14/h3-10H,1-2H3,(H,19,20,23). The van der Waals surface area contributed by atoms with Gasteiger partial charge in [-0.2, -0.15) is 5.10 Å². The lowest BCUT2D eigenvalue weighted by Gasteiger charge is -2.06. The van der Waals surface area contributed by atoms with Crippen molar-refractivity contribution in [2.75, 3.05) is 5.32 Å². The maximum absolute atomic E-state index is 12.6. The van der Waals surface area contributed by atoms with Gasteiger partial charge >= 0.3 is 0 Å². The zero-order valence-corrected chi connectivity index (χ0v) is 14.3. The van der Waals surface area contributed by atoms with Crippen molar-refractivity contribution in [3.05, 3.63) is 70.1 Å². The molecule has 2 heterocycles. The Morgan fingerprint density at radius 1 is 1.13 bits per heavy atom. The van der Waals surface area contributed by atoms with E-state index in [4.69, 9.17) is 0 Å². The van der Waals surface area contributed by atoms with Gasteiger partial charge in [-0.1, -0.05) is 18.2 Å². The number of benzene rings is 1. The predicted molar refractivity (Wildman–Crippen MR) is 92.9 cm³/mol. The maximum atomic E-state index is 12.6. The fraction of sp³-hybridized carbons (Fsp3) is 0.118. The molecule has 0 radical (unpaired) electrons. The molecule has 2 aromatic heterocycles. The summed E-state index contributed by atoms with van der Waals surface area (Å²) in [7, 11) is 0. The van der Waals surface area contributed by atoms with Crippen molar-refractivity contribution in [3.8, 4) is 5.69 Å². The summed E-state index contributed by atoms with van der Waals surface area (Å²) in [5, 5.41) is 7.29. The smallest absolute Gasteiger partial charge is 0.260 e. The van der Waals surface area contributed by atoms with Crippen molar-refractivity contribution in [1.82, 2.24) is 14.8 Å². The zero-order chi connectivity index (χ0) is 16.4. The third kappa shape index (κ3) is 3.17. The molecule has 0 saturated carbocycles. The number of halogens is 1. The Morgan fingerprint density at radius 2 is 1.87 bits per heavy atom. The van der Waals surface area contributed by atoms with E-state index >= 15 is 0 Å². The van der Waals surface area contributed by atoms with E-state index in [9.17, 15) is 4.79 Å². The number of nitrogens with one attached hydrogen (secondary N) is 1. The third-order valence-electron chi connectivity index (χ3n) is 3.49. The molecule has 0 spiro atoms. The molecule has 0 unspecified atom stereocenters. The summed E-state index contributed by atoms with van der Waals surface area (Å²) in [4.78, 5) is 16.7. The average Bonchev–Trinajstić information content (AvgIpc) is 2.85. The number of aryl methyl sites for hydroxylation is 1. The van der Waals surface area contributed by atoms with E-state index in [1.165, 1.54) is 0 Å². The van der Waals surface area contributed by atoms with Gasteiger partial charge in [0.05, 0.1) is 22.6 Å². The molecule has 1 aromatic carbocycles. The summed E-state index contributed by atoms with van der Waals surface area (Å²) in [6.45, 7) is 3.72. The number of carbonyl (C=O) groups excluding carboxylic acids is 1. The van der Waals surface area contributed by atoms with Gasteiger partial charge in [-0.25, -0.2) is 9.67 Å². The molecule has 0 atom stereocenters. The fourth-order valence-electron chi connectivity index (χ4n) is 2.42. The van der Waals surface area contributed by atoms with Gasteiger partial charge in [0.25, 0.3) is 5.91 Å². The maximum Gasteiger partial charge on any atom is 0.260 e. The van der Waals surface area contributed by atoms with Crippen LogP contribution in [0.4, 0.5) is 5.82 Å². The van der Waals surface area contributed by atoms with Gasteiger partial charge in [0.1, 0.15) is 5.82 Å². The van der Waals surface area contributed by atoms with Crippen LogP contribution in [-0.2, 0) is 0 Å². The lowest BCUT2D eigenvalue weighted by atomic mass is 10.2. The third-order valence-corrected chi connectivity index (χ3v) is 3.96. The van der Waals surface area contributed by atoms with Crippen LogP contribution in [0, 0.1) is 13.8 Å². The van der Waals surface area contributed by atoms with E-state index in [0.717, 1.165) is 15.9 Å². The topological polar surface area (TPSA) is 59.8 Å². The predicted octanol–water partition coefficient (Wildman–Crippen LogP) is 3.90. The van der Waals surface area contributed by atoms with Crippen LogP contribution in [0.1, 0.15) is 21.7 Å². The minimum Gasteiger partial charge on any atom is -0.306 e. The van der Waals surface area contributed by atoms with Gasteiger partial charge < -0.3 is 5.32 Å². The molecule has 5 nitrogen and oxygen atoms in total. The van der Waals surface area contributed by atoms with Crippen molar-refractivity contribution in [2.24, 2.45) is 0 Å². The minimum atomic E-state index is -0.211. The van der Waals surface area contributed by atoms with Crippen LogP contribution >= 0.6 is 15.9 Å². The summed E-state index contributed by atoms with van der Waals surface area (Å²) < 4.78 is 2.64. The molecule has 0 bridgehead atoms. The molecule has 0 aliphatic carbocycles. The molecule has 0 aliphatic heterocycles. The number of rotatable bonds is 3. The number of para-hydroxylation sites is 1. The molecule has 116 valence electrons. The Kier molecular flexibility index (Phi) is 4.25.